The van der Waals surface area contributed by atoms with Gasteiger partial charge < -0.3 is 25.0 Å². The molecule has 41 heavy (non-hydrogen) atoms. The van der Waals surface area contributed by atoms with Crippen LogP contribution in [0.3, 0.4) is 0 Å². The highest BCUT2D eigenvalue weighted by Gasteiger charge is 2.41. The van der Waals surface area contributed by atoms with Gasteiger partial charge >= 0.3 is 0 Å². The number of hydrogen-bond acceptors (Lipinski definition) is 9. The summed E-state index contributed by atoms with van der Waals surface area (Å²) in [5, 5.41) is 42.4. The Morgan fingerprint density at radius 1 is 1.05 bits per heavy atom. The van der Waals surface area contributed by atoms with Gasteiger partial charge in [-0.15, -0.1) is 11.3 Å². The van der Waals surface area contributed by atoms with Crippen LogP contribution in [0.2, 0.25) is 0 Å². The fourth-order valence-corrected chi connectivity index (χ4v) is 7.64. The average Bonchev–Trinajstić information content (AvgIpc) is 3.48. The number of benzene rings is 2. The van der Waals surface area contributed by atoms with E-state index in [-0.39, 0.29) is 0 Å². The summed E-state index contributed by atoms with van der Waals surface area (Å²) in [6, 6.07) is 18.3. The summed E-state index contributed by atoms with van der Waals surface area (Å²) >= 11 is 1.40. The van der Waals surface area contributed by atoms with E-state index < -0.39 is 52.0 Å². The molecule has 9 nitrogen and oxygen atoms in total. The van der Waals surface area contributed by atoms with Gasteiger partial charge in [-0.1, -0.05) is 25.1 Å². The van der Waals surface area contributed by atoms with Crippen molar-refractivity contribution in [2.24, 2.45) is 5.92 Å². The van der Waals surface area contributed by atoms with Crippen molar-refractivity contribution in [3.8, 4) is 16.5 Å². The smallest absolute Gasteiger partial charge is 0.251 e. The van der Waals surface area contributed by atoms with Gasteiger partial charge in [0, 0.05) is 41.0 Å². The van der Waals surface area contributed by atoms with Gasteiger partial charge in [0.2, 0.25) is 0 Å². The summed E-state index contributed by atoms with van der Waals surface area (Å²) in [7, 11) is -4.27. The van der Waals surface area contributed by atoms with Crippen LogP contribution in [0.15, 0.2) is 53.4 Å². The molecule has 3 heterocycles. The van der Waals surface area contributed by atoms with E-state index in [2.05, 4.69) is 46.0 Å². The van der Waals surface area contributed by atoms with Gasteiger partial charge in [0.1, 0.15) is 18.3 Å². The predicted octanol–water partition coefficient (Wildman–Crippen LogP) is 3.81. The second kappa shape index (κ2) is 12.2. The van der Waals surface area contributed by atoms with Crippen LogP contribution < -0.4 is 9.62 Å². The minimum atomic E-state index is -4.27. The number of hydrogen-bond donors (Lipinski definition) is 4. The first-order chi connectivity index (χ1) is 19.6. The molecule has 2 aliphatic rings. The number of nitrogens with zero attached hydrogens (tertiary/aromatic N) is 2. The van der Waals surface area contributed by atoms with Crippen LogP contribution in [-0.2, 0) is 14.8 Å². The number of allylic oxidation sites excluding steroid dienone is 2. The summed E-state index contributed by atoms with van der Waals surface area (Å²) in [4.78, 5) is 3.57. The lowest BCUT2D eigenvalue weighted by atomic mass is 9.92. The van der Waals surface area contributed by atoms with Crippen LogP contribution in [0.25, 0.3) is 26.8 Å². The SMILES string of the molecule is C/C(=C(/C#N)S(=O)(=O)NC[C@H]1OC(O)[C@H](C)[C@@H](O)[C@@H]1O)c1ccc(-c2ccc3cc(N4CCCCC4)ccc3c2)s1. The Morgan fingerprint density at radius 2 is 1.76 bits per heavy atom. The van der Waals surface area contributed by atoms with Crippen molar-refractivity contribution >= 4 is 43.4 Å². The van der Waals surface area contributed by atoms with E-state index in [4.69, 9.17) is 4.74 Å². The highest BCUT2D eigenvalue weighted by atomic mass is 32.2. The van der Waals surface area contributed by atoms with Crippen molar-refractivity contribution in [2.75, 3.05) is 24.5 Å². The second-order valence-electron chi connectivity index (χ2n) is 10.8. The van der Waals surface area contributed by atoms with Crippen molar-refractivity contribution in [3.05, 3.63) is 58.3 Å². The number of sulfonamides is 1. The Bertz CT molecular complexity index is 1590. The van der Waals surface area contributed by atoms with Crippen LogP contribution in [0.1, 0.15) is 38.0 Å². The van der Waals surface area contributed by atoms with E-state index in [1.54, 1.807) is 19.1 Å². The number of rotatable bonds is 7. The van der Waals surface area contributed by atoms with Crippen LogP contribution in [0.5, 0.6) is 0 Å². The Labute approximate surface area is 244 Å². The third-order valence-corrected chi connectivity index (χ3v) is 10.8. The molecule has 11 heteroatoms. The maximum atomic E-state index is 13.1. The van der Waals surface area contributed by atoms with Gasteiger partial charge in [0.05, 0.1) is 6.10 Å². The van der Waals surface area contributed by atoms with Crippen molar-refractivity contribution in [1.82, 2.24) is 4.72 Å². The van der Waals surface area contributed by atoms with E-state index in [1.807, 2.05) is 6.07 Å². The molecule has 1 aromatic heterocycles. The average molecular weight is 598 g/mol. The Morgan fingerprint density at radius 3 is 2.49 bits per heavy atom. The van der Waals surface area contributed by atoms with Crippen LogP contribution in [0, 0.1) is 17.2 Å². The predicted molar refractivity (Wildman–Crippen MR) is 161 cm³/mol. The van der Waals surface area contributed by atoms with E-state index in [0.717, 1.165) is 34.3 Å². The van der Waals surface area contributed by atoms with Crippen LogP contribution in [-0.4, -0.2) is 68.0 Å². The number of nitrogens with one attached hydrogen (secondary N) is 1. The Hall–Kier alpha value is -2.82. The number of piperidine rings is 1. The van der Waals surface area contributed by atoms with Gasteiger partial charge in [-0.2, -0.15) is 5.26 Å². The molecule has 5 rings (SSSR count). The third-order valence-electron chi connectivity index (χ3n) is 8.02. The summed E-state index contributed by atoms with van der Waals surface area (Å²) in [6.45, 7) is 4.85. The first-order valence-electron chi connectivity index (χ1n) is 13.8. The molecule has 3 aromatic rings. The van der Waals surface area contributed by atoms with Crippen molar-refractivity contribution in [2.45, 2.75) is 57.7 Å². The molecular formula is C30H35N3O6S2. The van der Waals surface area contributed by atoms with Crippen LogP contribution in [0.4, 0.5) is 5.69 Å². The number of ether oxygens (including phenoxy) is 1. The summed E-state index contributed by atoms with van der Waals surface area (Å²) in [5.74, 6) is -0.734. The van der Waals surface area contributed by atoms with E-state index in [1.165, 1.54) is 43.2 Å². The minimum Gasteiger partial charge on any atom is -0.390 e. The number of thiophene rings is 1. The molecule has 0 amide bonds. The zero-order valence-electron chi connectivity index (χ0n) is 23.0. The highest BCUT2D eigenvalue weighted by molar-refractivity contribution is 7.93. The summed E-state index contributed by atoms with van der Waals surface area (Å²) in [6.07, 6.45) is -1.47. The molecular weight excluding hydrogens is 562 g/mol. The van der Waals surface area contributed by atoms with E-state index in [9.17, 15) is 29.0 Å². The summed E-state index contributed by atoms with van der Waals surface area (Å²) < 4.78 is 33.7. The number of aliphatic hydroxyl groups is 3. The Balaban J connectivity index is 1.33. The van der Waals surface area contributed by atoms with Crippen molar-refractivity contribution in [3.63, 3.8) is 0 Å². The molecule has 0 saturated carbocycles. The first kappa shape index (κ1) is 29.7. The van der Waals surface area contributed by atoms with E-state index in [0.29, 0.717) is 10.5 Å². The van der Waals surface area contributed by atoms with Gasteiger partial charge in [0.25, 0.3) is 10.0 Å². The fraction of sp³-hybridized carbons (Fsp3) is 0.433. The molecule has 0 bridgehead atoms. The molecule has 5 atom stereocenters. The Kier molecular flexibility index (Phi) is 8.82. The zero-order chi connectivity index (χ0) is 29.3. The number of fused-ring (bicyclic) bond motifs is 1. The maximum Gasteiger partial charge on any atom is 0.251 e. The lowest BCUT2D eigenvalue weighted by molar-refractivity contribution is -0.257. The molecule has 0 spiro atoms. The topological polar surface area (TPSA) is 143 Å². The minimum absolute atomic E-state index is 0.294. The maximum absolute atomic E-state index is 13.1. The lowest BCUT2D eigenvalue weighted by Gasteiger charge is -2.39. The largest absolute Gasteiger partial charge is 0.390 e. The van der Waals surface area contributed by atoms with Crippen molar-refractivity contribution < 1.29 is 28.5 Å². The quantitative estimate of drug-likeness (QED) is 0.301. The molecule has 0 radical (unpaired) electrons. The number of aliphatic hydroxyl groups excluding tert-OH is 3. The third kappa shape index (κ3) is 6.20. The van der Waals surface area contributed by atoms with Gasteiger partial charge in [0.15, 0.2) is 11.2 Å². The molecule has 2 saturated heterocycles. The van der Waals surface area contributed by atoms with Crippen LogP contribution >= 0.6 is 11.3 Å². The molecule has 2 aliphatic heterocycles. The second-order valence-corrected chi connectivity index (χ2v) is 13.6. The normalized spacial score (nSPS) is 26.0. The molecule has 1 unspecified atom stereocenters. The zero-order valence-corrected chi connectivity index (χ0v) is 24.7. The molecule has 0 aliphatic carbocycles. The van der Waals surface area contributed by atoms with Gasteiger partial charge in [-0.05, 0) is 78.4 Å². The highest BCUT2D eigenvalue weighted by Crippen LogP contribution is 2.36. The standard InChI is InChI=1S/C30H35N3O6S2/c1-18(27(16-31)41(37,38)32-17-24-29(35)28(34)19(2)30(36)39-24)25-10-11-26(40-25)22-7-6-21-15-23(9-8-20(21)14-22)33-12-4-3-5-13-33/h6-11,14-15,19,24,28-30,32,34-36H,3-5,12-13,17H2,1-2H3/b27-18+/t19-,24-,28-,29-,30?/m1/s1. The van der Waals surface area contributed by atoms with Gasteiger partial charge in [-0.25, -0.2) is 13.1 Å². The molecule has 2 fully saturated rings. The lowest BCUT2D eigenvalue weighted by Crippen LogP contribution is -2.56. The molecule has 2 aromatic carbocycles. The van der Waals surface area contributed by atoms with Gasteiger partial charge in [-0.3, -0.25) is 0 Å². The molecule has 4 N–H and O–H groups in total. The van der Waals surface area contributed by atoms with E-state index >= 15 is 0 Å². The molecule has 218 valence electrons. The fourth-order valence-electron chi connectivity index (χ4n) is 5.40. The number of nitriles is 1. The monoisotopic (exact) mass is 597 g/mol. The first-order valence-corrected chi connectivity index (χ1v) is 16.1. The summed E-state index contributed by atoms with van der Waals surface area (Å²) in [5.41, 5.74) is 2.54. The van der Waals surface area contributed by atoms with Crippen molar-refractivity contribution in [1.29, 1.82) is 5.26 Å². The number of anilines is 1.